The fourth-order valence-corrected chi connectivity index (χ4v) is 1.85. The van der Waals surface area contributed by atoms with E-state index in [1.54, 1.807) is 0 Å². The molecule has 0 atom stereocenters. The Hall–Kier alpha value is -1.14. The van der Waals surface area contributed by atoms with Crippen molar-refractivity contribution in [1.82, 2.24) is 0 Å². The second-order valence-corrected chi connectivity index (χ2v) is 3.91. The highest BCUT2D eigenvalue weighted by Gasteiger charge is 2.22. The molecule has 0 aliphatic heterocycles. The first-order valence-corrected chi connectivity index (χ1v) is 5.30. The van der Waals surface area contributed by atoms with Gasteiger partial charge in [0.25, 0.3) is 0 Å². The Morgan fingerprint density at radius 2 is 2.31 bits per heavy atom. The van der Waals surface area contributed by atoms with Crippen molar-refractivity contribution in [2.24, 2.45) is 5.73 Å². The van der Waals surface area contributed by atoms with Gasteiger partial charge in [0.15, 0.2) is 17.3 Å². The van der Waals surface area contributed by atoms with Crippen molar-refractivity contribution in [2.75, 3.05) is 13.7 Å². The molecule has 0 fully saturated rings. The molecular formula is C10H11BrFNO3. The van der Waals surface area contributed by atoms with E-state index >= 15 is 0 Å². The molecule has 16 heavy (non-hydrogen) atoms. The second-order valence-electron chi connectivity index (χ2n) is 3.06. The Bertz CT molecular complexity index is 423. The summed E-state index contributed by atoms with van der Waals surface area (Å²) in [6, 6.07) is 1.07. The van der Waals surface area contributed by atoms with Crippen LogP contribution in [0.3, 0.4) is 0 Å². The van der Waals surface area contributed by atoms with Gasteiger partial charge < -0.3 is 15.6 Å². The van der Waals surface area contributed by atoms with Crippen LogP contribution in [-0.2, 0) is 0 Å². The van der Waals surface area contributed by atoms with Crippen molar-refractivity contribution in [2.45, 2.75) is 6.42 Å². The fourth-order valence-electron chi connectivity index (χ4n) is 1.30. The van der Waals surface area contributed by atoms with Crippen LogP contribution in [0.15, 0.2) is 10.5 Å². The lowest BCUT2D eigenvalue weighted by molar-refractivity contribution is 0.0978. The number of hydrogen-bond donors (Lipinski definition) is 2. The number of aromatic hydroxyl groups is 1. The molecule has 6 heteroatoms. The molecule has 88 valence electrons. The average Bonchev–Trinajstić information content (AvgIpc) is 2.17. The quantitative estimate of drug-likeness (QED) is 0.830. The Morgan fingerprint density at radius 3 is 2.81 bits per heavy atom. The lowest BCUT2D eigenvalue weighted by atomic mass is 10.1. The smallest absolute Gasteiger partial charge is 0.175 e. The highest BCUT2D eigenvalue weighted by atomic mass is 79.9. The second kappa shape index (κ2) is 5.27. The van der Waals surface area contributed by atoms with Crippen LogP contribution in [-0.4, -0.2) is 24.5 Å². The maximum atomic E-state index is 13.5. The van der Waals surface area contributed by atoms with E-state index in [0.29, 0.717) is 0 Å². The van der Waals surface area contributed by atoms with Crippen LogP contribution < -0.4 is 10.5 Å². The van der Waals surface area contributed by atoms with Gasteiger partial charge in [-0.15, -0.1) is 0 Å². The summed E-state index contributed by atoms with van der Waals surface area (Å²) in [7, 11) is 1.31. The van der Waals surface area contributed by atoms with Crippen molar-refractivity contribution in [3.8, 4) is 11.5 Å². The molecule has 0 saturated carbocycles. The number of ether oxygens (including phenoxy) is 1. The average molecular weight is 292 g/mol. The number of Topliss-reactive ketones (excluding diaryl/α,β-unsaturated/α-hetero) is 1. The standard InChI is InChI=1S/C10H11BrFNO3/c1-16-10-5(11)4-6(12)8(9(10)15)7(14)2-3-13/h4,15H,2-3,13H2,1H3. The molecule has 1 aromatic carbocycles. The molecule has 0 aromatic heterocycles. The molecule has 0 bridgehead atoms. The maximum absolute atomic E-state index is 13.5. The normalized spacial score (nSPS) is 10.2. The largest absolute Gasteiger partial charge is 0.504 e. The fraction of sp³-hybridized carbons (Fsp3) is 0.300. The van der Waals surface area contributed by atoms with Gasteiger partial charge in [0.1, 0.15) is 5.82 Å². The van der Waals surface area contributed by atoms with E-state index in [1.807, 2.05) is 0 Å². The summed E-state index contributed by atoms with van der Waals surface area (Å²) in [5, 5.41) is 9.69. The number of halogens is 2. The number of carbonyl (C=O) groups is 1. The molecule has 0 aliphatic rings. The highest BCUT2D eigenvalue weighted by Crippen LogP contribution is 2.39. The van der Waals surface area contributed by atoms with Crippen LogP contribution in [0, 0.1) is 5.82 Å². The molecular weight excluding hydrogens is 281 g/mol. The van der Waals surface area contributed by atoms with Crippen molar-refractivity contribution in [1.29, 1.82) is 0 Å². The molecule has 0 spiro atoms. The number of phenolic OH excluding ortho intramolecular Hbond substituents is 1. The molecule has 1 rings (SSSR count). The van der Waals surface area contributed by atoms with Gasteiger partial charge in [-0.05, 0) is 28.5 Å². The first kappa shape index (κ1) is 12.9. The maximum Gasteiger partial charge on any atom is 0.175 e. The molecule has 0 saturated heterocycles. The minimum atomic E-state index is -0.802. The Morgan fingerprint density at radius 1 is 1.69 bits per heavy atom. The number of rotatable bonds is 4. The SMILES string of the molecule is COc1c(Br)cc(F)c(C(=O)CCN)c1O. The number of ketones is 1. The van der Waals surface area contributed by atoms with Crippen LogP contribution >= 0.6 is 15.9 Å². The van der Waals surface area contributed by atoms with Crippen LogP contribution in [0.4, 0.5) is 4.39 Å². The van der Waals surface area contributed by atoms with Gasteiger partial charge in [-0.3, -0.25) is 4.79 Å². The van der Waals surface area contributed by atoms with Gasteiger partial charge in [0.2, 0.25) is 0 Å². The molecule has 0 aliphatic carbocycles. The third-order valence-corrected chi connectivity index (χ3v) is 2.60. The van der Waals surface area contributed by atoms with E-state index in [9.17, 15) is 14.3 Å². The third-order valence-electron chi connectivity index (χ3n) is 2.02. The molecule has 1 aromatic rings. The monoisotopic (exact) mass is 291 g/mol. The van der Waals surface area contributed by atoms with Gasteiger partial charge in [-0.25, -0.2) is 4.39 Å². The van der Waals surface area contributed by atoms with E-state index in [2.05, 4.69) is 15.9 Å². The van der Waals surface area contributed by atoms with Crippen molar-refractivity contribution < 1.29 is 19.0 Å². The number of methoxy groups -OCH3 is 1. The highest BCUT2D eigenvalue weighted by molar-refractivity contribution is 9.10. The molecule has 0 unspecified atom stereocenters. The van der Waals surface area contributed by atoms with E-state index in [-0.39, 0.29) is 28.8 Å². The zero-order valence-corrected chi connectivity index (χ0v) is 10.2. The van der Waals surface area contributed by atoms with Gasteiger partial charge >= 0.3 is 0 Å². The molecule has 0 amide bonds. The molecule has 0 radical (unpaired) electrons. The summed E-state index contributed by atoms with van der Waals surface area (Å²) in [5.74, 6) is -1.83. The van der Waals surface area contributed by atoms with Crippen LogP contribution in [0.2, 0.25) is 0 Å². The molecule has 0 heterocycles. The summed E-state index contributed by atoms with van der Waals surface area (Å²) in [5.41, 5.74) is 4.82. The van der Waals surface area contributed by atoms with E-state index in [4.69, 9.17) is 10.5 Å². The number of nitrogens with two attached hydrogens (primary N) is 1. The van der Waals surface area contributed by atoms with Gasteiger partial charge in [-0.2, -0.15) is 0 Å². The predicted octanol–water partition coefficient (Wildman–Crippen LogP) is 1.83. The number of phenols is 1. The summed E-state index contributed by atoms with van der Waals surface area (Å²) < 4.78 is 18.6. The first-order valence-electron chi connectivity index (χ1n) is 4.51. The Labute approximate surface area is 100 Å². The van der Waals surface area contributed by atoms with Gasteiger partial charge in [0, 0.05) is 6.42 Å². The number of benzene rings is 1. The predicted molar refractivity (Wildman–Crippen MR) is 60.3 cm³/mol. The van der Waals surface area contributed by atoms with Crippen LogP contribution in [0.25, 0.3) is 0 Å². The minimum absolute atomic E-state index is 0.0294. The first-order chi connectivity index (χ1) is 7.52. The van der Waals surface area contributed by atoms with Gasteiger partial charge in [-0.1, -0.05) is 0 Å². The van der Waals surface area contributed by atoms with Gasteiger partial charge in [0.05, 0.1) is 17.1 Å². The zero-order chi connectivity index (χ0) is 12.3. The Balaban J connectivity index is 3.33. The number of hydrogen-bond acceptors (Lipinski definition) is 4. The molecule has 3 N–H and O–H groups in total. The van der Waals surface area contributed by atoms with E-state index in [0.717, 1.165) is 6.07 Å². The molecule has 4 nitrogen and oxygen atoms in total. The zero-order valence-electron chi connectivity index (χ0n) is 8.59. The lowest BCUT2D eigenvalue weighted by Gasteiger charge is -2.10. The van der Waals surface area contributed by atoms with Crippen molar-refractivity contribution in [3.63, 3.8) is 0 Å². The van der Waals surface area contributed by atoms with E-state index < -0.39 is 17.3 Å². The number of carbonyl (C=O) groups excluding carboxylic acids is 1. The summed E-state index contributed by atoms with van der Waals surface area (Å²) in [6.45, 7) is 0.0933. The summed E-state index contributed by atoms with van der Waals surface area (Å²) in [4.78, 5) is 11.5. The van der Waals surface area contributed by atoms with E-state index in [1.165, 1.54) is 7.11 Å². The topological polar surface area (TPSA) is 72.5 Å². The minimum Gasteiger partial charge on any atom is -0.504 e. The lowest BCUT2D eigenvalue weighted by Crippen LogP contribution is -2.10. The summed E-state index contributed by atoms with van der Waals surface area (Å²) >= 11 is 3.02. The third kappa shape index (κ3) is 2.33. The summed E-state index contributed by atoms with van der Waals surface area (Å²) in [6.07, 6.45) is -0.0325. The van der Waals surface area contributed by atoms with Crippen LogP contribution in [0.1, 0.15) is 16.8 Å². The van der Waals surface area contributed by atoms with Crippen molar-refractivity contribution >= 4 is 21.7 Å². The Kier molecular flexibility index (Phi) is 4.26. The van der Waals surface area contributed by atoms with Crippen molar-refractivity contribution in [3.05, 3.63) is 21.9 Å². The van der Waals surface area contributed by atoms with Crippen LogP contribution in [0.5, 0.6) is 11.5 Å².